The Hall–Kier alpha value is -1.71. The van der Waals surface area contributed by atoms with Crippen molar-refractivity contribution in [2.24, 2.45) is 0 Å². The topological polar surface area (TPSA) is 49.7 Å². The van der Waals surface area contributed by atoms with Crippen molar-refractivity contribution in [3.63, 3.8) is 0 Å². The molecule has 98 valence electrons. The first kappa shape index (κ1) is 12.3. The summed E-state index contributed by atoms with van der Waals surface area (Å²) >= 11 is 5.92. The summed E-state index contributed by atoms with van der Waals surface area (Å²) in [6, 6.07) is 12.1. The van der Waals surface area contributed by atoms with Crippen molar-refractivity contribution in [3.8, 4) is 11.5 Å². The molecule has 1 aliphatic heterocycles. The zero-order valence-corrected chi connectivity index (χ0v) is 10.8. The molecule has 2 atom stereocenters. The Kier molecular flexibility index (Phi) is 3.09. The van der Waals surface area contributed by atoms with Gasteiger partial charge in [0.2, 0.25) is 0 Å². The van der Waals surface area contributed by atoms with Crippen molar-refractivity contribution in [1.29, 1.82) is 0 Å². The normalized spacial score (nSPS) is 21.6. The second-order valence-corrected chi connectivity index (χ2v) is 5.07. The highest BCUT2D eigenvalue weighted by Crippen LogP contribution is 2.41. The number of phenolic OH excluding ortho intramolecular Hbond substituents is 1. The van der Waals surface area contributed by atoms with Crippen LogP contribution < -0.4 is 4.74 Å². The summed E-state index contributed by atoms with van der Waals surface area (Å²) in [5.41, 5.74) is 1.65. The van der Waals surface area contributed by atoms with E-state index in [0.717, 1.165) is 11.1 Å². The van der Waals surface area contributed by atoms with Crippen molar-refractivity contribution >= 4 is 11.6 Å². The number of hydrogen-bond acceptors (Lipinski definition) is 3. The van der Waals surface area contributed by atoms with Gasteiger partial charge in [0.05, 0.1) is 6.10 Å². The van der Waals surface area contributed by atoms with Gasteiger partial charge in [-0.25, -0.2) is 0 Å². The summed E-state index contributed by atoms with van der Waals surface area (Å²) in [4.78, 5) is 0. The molecular formula is C15H13ClO3. The zero-order chi connectivity index (χ0) is 13.4. The molecule has 0 fully saturated rings. The summed E-state index contributed by atoms with van der Waals surface area (Å²) in [5, 5.41) is 20.1. The van der Waals surface area contributed by atoms with Gasteiger partial charge >= 0.3 is 0 Å². The molecule has 1 heterocycles. The number of halogens is 1. The summed E-state index contributed by atoms with van der Waals surface area (Å²) < 4.78 is 5.88. The van der Waals surface area contributed by atoms with E-state index in [9.17, 15) is 10.2 Å². The van der Waals surface area contributed by atoms with E-state index in [1.807, 2.05) is 0 Å². The Bertz CT molecular complexity index is 595. The summed E-state index contributed by atoms with van der Waals surface area (Å²) in [7, 11) is 0. The average Bonchev–Trinajstić information content (AvgIpc) is 2.40. The van der Waals surface area contributed by atoms with E-state index in [4.69, 9.17) is 16.3 Å². The maximum atomic E-state index is 10.2. The van der Waals surface area contributed by atoms with Crippen LogP contribution in [0.3, 0.4) is 0 Å². The van der Waals surface area contributed by atoms with Gasteiger partial charge in [0.25, 0.3) is 0 Å². The average molecular weight is 277 g/mol. The van der Waals surface area contributed by atoms with Crippen LogP contribution >= 0.6 is 11.6 Å². The fourth-order valence-electron chi connectivity index (χ4n) is 2.31. The predicted octanol–water partition coefficient (Wildman–Crippen LogP) is 3.60. The third kappa shape index (κ3) is 2.39. The minimum atomic E-state index is -0.596. The van der Waals surface area contributed by atoms with E-state index in [-0.39, 0.29) is 11.9 Å². The van der Waals surface area contributed by atoms with Crippen molar-refractivity contribution in [2.75, 3.05) is 0 Å². The summed E-state index contributed by atoms with van der Waals surface area (Å²) in [6.45, 7) is 0. The van der Waals surface area contributed by atoms with E-state index in [1.165, 1.54) is 0 Å². The fourth-order valence-corrected chi connectivity index (χ4v) is 2.49. The van der Waals surface area contributed by atoms with Gasteiger partial charge in [-0.3, -0.25) is 0 Å². The smallest absolute Gasteiger partial charge is 0.127 e. The van der Waals surface area contributed by atoms with Crippen molar-refractivity contribution in [3.05, 3.63) is 58.6 Å². The molecule has 19 heavy (non-hydrogen) atoms. The molecule has 0 saturated carbocycles. The molecule has 0 aliphatic carbocycles. The van der Waals surface area contributed by atoms with Gasteiger partial charge in [0.1, 0.15) is 17.6 Å². The van der Waals surface area contributed by atoms with Gasteiger partial charge in [0, 0.05) is 17.0 Å². The van der Waals surface area contributed by atoms with Gasteiger partial charge in [-0.05, 0) is 35.9 Å². The Labute approximate surface area is 116 Å². The van der Waals surface area contributed by atoms with Crippen LogP contribution in [0.2, 0.25) is 5.02 Å². The minimum absolute atomic E-state index is 0.215. The third-order valence-corrected chi connectivity index (χ3v) is 3.54. The van der Waals surface area contributed by atoms with Crippen molar-refractivity contribution in [2.45, 2.75) is 18.6 Å². The van der Waals surface area contributed by atoms with E-state index in [2.05, 4.69) is 0 Å². The lowest BCUT2D eigenvalue weighted by Crippen LogP contribution is -2.18. The standard InChI is InChI=1S/C15H13ClO3/c16-10-3-6-14-12(7-10)13(18)8-15(19-14)9-1-4-11(17)5-2-9/h1-7,13,15,17-18H,8H2/t13-,15?/m0/s1. The van der Waals surface area contributed by atoms with Crippen LogP contribution in [-0.2, 0) is 0 Å². The van der Waals surface area contributed by atoms with Gasteiger partial charge < -0.3 is 14.9 Å². The zero-order valence-electron chi connectivity index (χ0n) is 10.1. The first-order valence-corrected chi connectivity index (χ1v) is 6.44. The quantitative estimate of drug-likeness (QED) is 0.837. The van der Waals surface area contributed by atoms with Gasteiger partial charge in [-0.1, -0.05) is 23.7 Å². The molecule has 2 aromatic rings. The molecule has 4 heteroatoms. The largest absolute Gasteiger partial charge is 0.508 e. The molecule has 0 aromatic heterocycles. The molecule has 0 radical (unpaired) electrons. The van der Waals surface area contributed by atoms with Gasteiger partial charge in [0.15, 0.2) is 0 Å². The van der Waals surface area contributed by atoms with Crippen LogP contribution in [-0.4, -0.2) is 10.2 Å². The molecule has 3 rings (SSSR count). The highest BCUT2D eigenvalue weighted by Gasteiger charge is 2.28. The van der Waals surface area contributed by atoms with Crippen LogP contribution in [0.4, 0.5) is 0 Å². The lowest BCUT2D eigenvalue weighted by Gasteiger charge is -2.30. The molecular weight excluding hydrogens is 264 g/mol. The van der Waals surface area contributed by atoms with Crippen LogP contribution in [0.1, 0.15) is 29.8 Å². The van der Waals surface area contributed by atoms with Gasteiger partial charge in [-0.2, -0.15) is 0 Å². The van der Waals surface area contributed by atoms with Crippen molar-refractivity contribution in [1.82, 2.24) is 0 Å². The summed E-state index contributed by atoms with van der Waals surface area (Å²) in [5.74, 6) is 0.869. The molecule has 3 nitrogen and oxygen atoms in total. The van der Waals surface area contributed by atoms with E-state index in [0.29, 0.717) is 17.2 Å². The molecule has 0 amide bonds. The number of rotatable bonds is 1. The number of ether oxygens (including phenoxy) is 1. The Morgan fingerprint density at radius 2 is 1.84 bits per heavy atom. The fraction of sp³-hybridized carbons (Fsp3) is 0.200. The van der Waals surface area contributed by atoms with Crippen LogP contribution in [0.5, 0.6) is 11.5 Å². The maximum absolute atomic E-state index is 10.2. The first-order chi connectivity index (χ1) is 9.13. The second-order valence-electron chi connectivity index (χ2n) is 4.63. The van der Waals surface area contributed by atoms with Gasteiger partial charge in [-0.15, -0.1) is 0 Å². The maximum Gasteiger partial charge on any atom is 0.127 e. The molecule has 2 aromatic carbocycles. The molecule has 1 aliphatic rings. The number of aromatic hydroxyl groups is 1. The summed E-state index contributed by atoms with van der Waals surface area (Å²) in [6.07, 6.45) is -0.344. The molecule has 1 unspecified atom stereocenters. The minimum Gasteiger partial charge on any atom is -0.508 e. The third-order valence-electron chi connectivity index (χ3n) is 3.30. The van der Waals surface area contributed by atoms with Crippen LogP contribution in [0.25, 0.3) is 0 Å². The SMILES string of the molecule is Oc1ccc(C2C[C@H](O)c3cc(Cl)ccc3O2)cc1. The Balaban J connectivity index is 1.92. The predicted molar refractivity (Wildman–Crippen MR) is 72.5 cm³/mol. The van der Waals surface area contributed by atoms with Crippen LogP contribution in [0.15, 0.2) is 42.5 Å². The highest BCUT2D eigenvalue weighted by molar-refractivity contribution is 6.30. The van der Waals surface area contributed by atoms with E-state index < -0.39 is 6.10 Å². The number of benzene rings is 2. The molecule has 0 bridgehead atoms. The number of fused-ring (bicyclic) bond motifs is 1. The number of aliphatic hydroxyl groups excluding tert-OH is 1. The van der Waals surface area contributed by atoms with Crippen molar-refractivity contribution < 1.29 is 14.9 Å². The second kappa shape index (κ2) is 4.76. The number of phenols is 1. The lowest BCUT2D eigenvalue weighted by atomic mass is 9.95. The molecule has 2 N–H and O–H groups in total. The number of hydrogen-bond donors (Lipinski definition) is 2. The van der Waals surface area contributed by atoms with Crippen LogP contribution in [0, 0.1) is 0 Å². The lowest BCUT2D eigenvalue weighted by molar-refractivity contribution is 0.0657. The van der Waals surface area contributed by atoms with E-state index >= 15 is 0 Å². The monoisotopic (exact) mass is 276 g/mol. The Morgan fingerprint density at radius 1 is 1.11 bits per heavy atom. The molecule has 0 saturated heterocycles. The first-order valence-electron chi connectivity index (χ1n) is 6.06. The number of aliphatic hydroxyl groups is 1. The Morgan fingerprint density at radius 3 is 2.58 bits per heavy atom. The highest BCUT2D eigenvalue weighted by atomic mass is 35.5. The van der Waals surface area contributed by atoms with E-state index in [1.54, 1.807) is 42.5 Å². The molecule has 0 spiro atoms.